The minimum Gasteiger partial charge on any atom is -0.235 e. The normalized spacial score (nSPS) is 15.2. The molecule has 0 saturated carbocycles. The third kappa shape index (κ3) is 2.25. The molecule has 7 heteroatoms. The standard InChI is InChI=1S/C11H12FN5S/c1-4-18-11-14-15-16(3)17(11)8-5-6-10(13-2)9(12)7-8/h5-7,15H,4H2,1,3H3. The van der Waals surface area contributed by atoms with Crippen molar-refractivity contribution in [2.45, 2.75) is 6.92 Å². The van der Waals surface area contributed by atoms with Gasteiger partial charge in [-0.15, -0.1) is 10.2 Å². The van der Waals surface area contributed by atoms with E-state index < -0.39 is 5.82 Å². The van der Waals surface area contributed by atoms with E-state index in [1.807, 2.05) is 6.92 Å². The minimum absolute atomic E-state index is 0.0233. The number of halogens is 1. The Kier molecular flexibility index (Phi) is 3.69. The van der Waals surface area contributed by atoms with E-state index in [9.17, 15) is 4.39 Å². The smallest absolute Gasteiger partial charge is 0.222 e. The first kappa shape index (κ1) is 12.7. The van der Waals surface area contributed by atoms with Crippen molar-refractivity contribution in [3.63, 3.8) is 0 Å². The highest BCUT2D eigenvalue weighted by atomic mass is 32.2. The molecule has 1 aliphatic rings. The van der Waals surface area contributed by atoms with Gasteiger partial charge in [0.25, 0.3) is 0 Å². The number of hydrazine groups is 2. The van der Waals surface area contributed by atoms with Gasteiger partial charge < -0.3 is 0 Å². The maximum Gasteiger partial charge on any atom is 0.222 e. The van der Waals surface area contributed by atoms with Crippen LogP contribution < -0.4 is 10.5 Å². The van der Waals surface area contributed by atoms with Gasteiger partial charge in [0.15, 0.2) is 0 Å². The Hall–Kier alpha value is -1.78. The highest BCUT2D eigenvalue weighted by Gasteiger charge is 2.24. The Labute approximate surface area is 109 Å². The lowest BCUT2D eigenvalue weighted by atomic mass is 10.2. The Morgan fingerprint density at radius 3 is 2.94 bits per heavy atom. The van der Waals surface area contributed by atoms with Crippen LogP contribution in [0.15, 0.2) is 23.3 Å². The van der Waals surface area contributed by atoms with Gasteiger partial charge in [-0.3, -0.25) is 0 Å². The van der Waals surface area contributed by atoms with E-state index in [-0.39, 0.29) is 5.69 Å². The quantitative estimate of drug-likeness (QED) is 0.834. The molecule has 1 heterocycles. The zero-order valence-electron chi connectivity index (χ0n) is 10.0. The summed E-state index contributed by atoms with van der Waals surface area (Å²) < 4.78 is 13.6. The lowest BCUT2D eigenvalue weighted by molar-refractivity contribution is 0.278. The summed E-state index contributed by atoms with van der Waals surface area (Å²) in [5, 5.41) is 8.29. The summed E-state index contributed by atoms with van der Waals surface area (Å²) in [5.74, 6) is 0.344. The number of hydrogen-bond acceptors (Lipinski definition) is 5. The van der Waals surface area contributed by atoms with Gasteiger partial charge >= 0.3 is 0 Å². The lowest BCUT2D eigenvalue weighted by Gasteiger charge is -2.25. The van der Waals surface area contributed by atoms with Gasteiger partial charge in [-0.05, 0) is 17.9 Å². The first-order valence-electron chi connectivity index (χ1n) is 5.34. The second-order valence-electron chi connectivity index (χ2n) is 3.51. The molecule has 0 bridgehead atoms. The molecule has 0 amide bonds. The molecule has 0 atom stereocenters. The van der Waals surface area contributed by atoms with Gasteiger partial charge in [0.1, 0.15) is 5.82 Å². The van der Waals surface area contributed by atoms with Crippen LogP contribution in [0.3, 0.4) is 0 Å². The van der Waals surface area contributed by atoms with Crippen molar-refractivity contribution in [3.05, 3.63) is 35.4 Å². The van der Waals surface area contributed by atoms with Crippen molar-refractivity contribution in [2.75, 3.05) is 17.8 Å². The van der Waals surface area contributed by atoms with E-state index in [1.165, 1.54) is 12.1 Å². The highest BCUT2D eigenvalue weighted by Crippen LogP contribution is 2.28. The van der Waals surface area contributed by atoms with E-state index >= 15 is 0 Å². The topological polar surface area (TPSA) is 35.2 Å². The second-order valence-corrected chi connectivity index (χ2v) is 4.74. The van der Waals surface area contributed by atoms with E-state index in [4.69, 9.17) is 6.57 Å². The molecular formula is C11H12FN5S. The van der Waals surface area contributed by atoms with Crippen LogP contribution >= 0.6 is 11.8 Å². The minimum atomic E-state index is -0.524. The van der Waals surface area contributed by atoms with Crippen molar-refractivity contribution in [3.8, 4) is 0 Å². The molecule has 0 saturated heterocycles. The molecule has 0 unspecified atom stereocenters. The first-order chi connectivity index (χ1) is 8.67. The molecule has 2 rings (SSSR count). The van der Waals surface area contributed by atoms with Crippen molar-refractivity contribution < 1.29 is 4.39 Å². The molecule has 0 spiro atoms. The van der Waals surface area contributed by atoms with Crippen LogP contribution in [0.1, 0.15) is 6.92 Å². The van der Waals surface area contributed by atoms with Crippen molar-refractivity contribution in [2.24, 2.45) is 5.10 Å². The van der Waals surface area contributed by atoms with E-state index in [0.717, 1.165) is 10.9 Å². The van der Waals surface area contributed by atoms with Crippen molar-refractivity contribution in [1.82, 2.24) is 10.7 Å². The van der Waals surface area contributed by atoms with Crippen LogP contribution in [0.5, 0.6) is 0 Å². The molecule has 0 aromatic heterocycles. The van der Waals surface area contributed by atoms with Gasteiger partial charge in [0.05, 0.1) is 12.3 Å². The molecule has 1 aromatic rings. The van der Waals surface area contributed by atoms with Gasteiger partial charge in [-0.2, -0.15) is 0 Å². The highest BCUT2D eigenvalue weighted by molar-refractivity contribution is 8.14. The second kappa shape index (κ2) is 5.25. The number of rotatable bonds is 2. The van der Waals surface area contributed by atoms with Gasteiger partial charge in [-0.25, -0.2) is 19.8 Å². The Morgan fingerprint density at radius 2 is 2.33 bits per heavy atom. The van der Waals surface area contributed by atoms with E-state index in [0.29, 0.717) is 5.69 Å². The van der Waals surface area contributed by atoms with Gasteiger partial charge in [0.2, 0.25) is 10.9 Å². The predicted molar refractivity (Wildman–Crippen MR) is 71.6 cm³/mol. The number of nitrogens with zero attached hydrogens (tertiary/aromatic N) is 4. The monoisotopic (exact) mass is 265 g/mol. The molecule has 5 nitrogen and oxygen atoms in total. The number of anilines is 1. The van der Waals surface area contributed by atoms with E-state index in [1.54, 1.807) is 35.0 Å². The molecule has 0 radical (unpaired) electrons. The fraction of sp³-hybridized carbons (Fsp3) is 0.273. The zero-order valence-corrected chi connectivity index (χ0v) is 10.8. The fourth-order valence-electron chi connectivity index (χ4n) is 1.56. The first-order valence-corrected chi connectivity index (χ1v) is 6.32. The largest absolute Gasteiger partial charge is 0.235 e. The lowest BCUT2D eigenvalue weighted by Crippen LogP contribution is -2.42. The molecule has 0 aliphatic carbocycles. The maximum absolute atomic E-state index is 13.6. The summed E-state index contributed by atoms with van der Waals surface area (Å²) in [6.45, 7) is 8.85. The van der Waals surface area contributed by atoms with Gasteiger partial charge in [-0.1, -0.05) is 24.8 Å². The maximum atomic E-state index is 13.6. The SMILES string of the molecule is [C-]#[N+]c1ccc(N2C(SCC)=NNN2C)cc1F. The fourth-order valence-corrected chi connectivity index (χ4v) is 2.27. The molecular weight excluding hydrogens is 253 g/mol. The summed E-state index contributed by atoms with van der Waals surface area (Å²) in [7, 11) is 1.79. The average molecular weight is 265 g/mol. The molecule has 1 N–H and O–H groups in total. The summed E-state index contributed by atoms with van der Waals surface area (Å²) in [4.78, 5) is 3.10. The van der Waals surface area contributed by atoms with Crippen LogP contribution in [0, 0.1) is 12.4 Å². The number of nitrogens with one attached hydrogen (secondary N) is 1. The number of amidine groups is 1. The number of hydrazone groups is 1. The zero-order chi connectivity index (χ0) is 13.1. The van der Waals surface area contributed by atoms with Gasteiger partial charge in [0, 0.05) is 7.05 Å². The number of benzene rings is 1. The molecule has 94 valence electrons. The molecule has 18 heavy (non-hydrogen) atoms. The molecule has 1 aromatic carbocycles. The predicted octanol–water partition coefficient (Wildman–Crippen LogP) is 2.57. The Bertz CT molecular complexity index is 525. The third-order valence-corrected chi connectivity index (χ3v) is 3.15. The average Bonchev–Trinajstić information content (AvgIpc) is 2.71. The third-order valence-electron chi connectivity index (χ3n) is 2.34. The summed E-state index contributed by atoms with van der Waals surface area (Å²) in [5.41, 5.74) is 3.45. The number of hydrogen-bond donors (Lipinski definition) is 1. The van der Waals surface area contributed by atoms with E-state index in [2.05, 4.69) is 15.5 Å². The Balaban J connectivity index is 2.33. The molecule has 0 fully saturated rings. The molecule has 1 aliphatic heterocycles. The van der Waals surface area contributed by atoms with Crippen molar-refractivity contribution in [1.29, 1.82) is 0 Å². The van der Waals surface area contributed by atoms with Crippen LogP contribution in [0.25, 0.3) is 4.85 Å². The summed E-state index contributed by atoms with van der Waals surface area (Å²) in [6, 6.07) is 4.51. The van der Waals surface area contributed by atoms with Crippen LogP contribution in [-0.4, -0.2) is 23.1 Å². The number of thioether (sulfide) groups is 1. The summed E-state index contributed by atoms with van der Waals surface area (Å²) in [6.07, 6.45) is 0. The Morgan fingerprint density at radius 1 is 1.56 bits per heavy atom. The van der Waals surface area contributed by atoms with Crippen LogP contribution in [0.4, 0.5) is 15.8 Å². The van der Waals surface area contributed by atoms with Crippen LogP contribution in [0.2, 0.25) is 0 Å². The summed E-state index contributed by atoms with van der Waals surface area (Å²) >= 11 is 1.55. The van der Waals surface area contributed by atoms with Crippen molar-refractivity contribution >= 4 is 28.3 Å². The van der Waals surface area contributed by atoms with Crippen LogP contribution in [-0.2, 0) is 0 Å².